The van der Waals surface area contributed by atoms with E-state index >= 15 is 0 Å². The molecule has 3 aromatic carbocycles. The molecule has 0 aromatic heterocycles. The molecule has 0 saturated carbocycles. The second-order valence-corrected chi connectivity index (χ2v) is 9.50. The number of fused-ring (bicyclic) bond motifs is 3. The molecule has 0 saturated heterocycles. The Labute approximate surface area is 233 Å². The van der Waals surface area contributed by atoms with Crippen LogP contribution < -0.4 is 33.2 Å². The van der Waals surface area contributed by atoms with Crippen molar-refractivity contribution in [2.45, 2.75) is 19.9 Å². The molecule has 9 heteroatoms. The molecular formula is C31H33NO8. The molecule has 40 heavy (non-hydrogen) atoms. The predicted molar refractivity (Wildman–Crippen MR) is 149 cm³/mol. The lowest BCUT2D eigenvalue weighted by Gasteiger charge is -2.30. The average molecular weight is 548 g/mol. The van der Waals surface area contributed by atoms with Crippen LogP contribution in [-0.2, 0) is 13.0 Å². The number of Topliss-reactive ketones (excluding diaryl/α,β-unsaturated/α-hetero) is 1. The monoisotopic (exact) mass is 547 g/mol. The van der Waals surface area contributed by atoms with Crippen molar-refractivity contribution in [3.05, 3.63) is 70.0 Å². The maximum atomic E-state index is 13.5. The molecule has 2 aliphatic heterocycles. The van der Waals surface area contributed by atoms with Crippen LogP contribution in [0.4, 0.5) is 0 Å². The van der Waals surface area contributed by atoms with Crippen molar-refractivity contribution < 1.29 is 38.0 Å². The zero-order valence-electron chi connectivity index (χ0n) is 23.6. The van der Waals surface area contributed by atoms with E-state index < -0.39 is 0 Å². The van der Waals surface area contributed by atoms with Crippen LogP contribution in [0.25, 0.3) is 6.08 Å². The van der Waals surface area contributed by atoms with E-state index in [-0.39, 0.29) is 11.5 Å². The van der Waals surface area contributed by atoms with Crippen LogP contribution in [0.5, 0.6) is 40.2 Å². The first-order chi connectivity index (χ1) is 19.4. The van der Waals surface area contributed by atoms with Gasteiger partial charge in [-0.25, -0.2) is 0 Å². The summed E-state index contributed by atoms with van der Waals surface area (Å²) in [4.78, 5) is 15.7. The summed E-state index contributed by atoms with van der Waals surface area (Å²) in [6.45, 7) is 3.67. The number of benzene rings is 3. The lowest BCUT2D eigenvalue weighted by Crippen LogP contribution is -2.34. The quantitative estimate of drug-likeness (QED) is 0.342. The van der Waals surface area contributed by atoms with Gasteiger partial charge in [-0.3, -0.25) is 9.69 Å². The summed E-state index contributed by atoms with van der Waals surface area (Å²) in [7, 11) is 7.89. The number of nitrogens with zero attached hydrogens (tertiary/aromatic N) is 1. The molecule has 0 atom stereocenters. The van der Waals surface area contributed by atoms with Crippen LogP contribution in [0, 0.1) is 6.92 Å². The molecular weight excluding hydrogens is 514 g/mol. The Hall–Kier alpha value is -4.37. The molecule has 0 spiro atoms. The number of allylic oxidation sites excluding steroid dienone is 1. The van der Waals surface area contributed by atoms with Gasteiger partial charge in [0.25, 0.3) is 0 Å². The van der Waals surface area contributed by atoms with Crippen molar-refractivity contribution in [2.24, 2.45) is 0 Å². The summed E-state index contributed by atoms with van der Waals surface area (Å²) in [5, 5.41) is 0. The van der Waals surface area contributed by atoms with E-state index in [2.05, 4.69) is 4.90 Å². The number of carbonyl (C=O) groups is 1. The van der Waals surface area contributed by atoms with E-state index in [0.29, 0.717) is 58.9 Å². The summed E-state index contributed by atoms with van der Waals surface area (Å²) < 4.78 is 39.6. The number of hydrogen-bond acceptors (Lipinski definition) is 9. The minimum atomic E-state index is -0.186. The summed E-state index contributed by atoms with van der Waals surface area (Å²) >= 11 is 0. The van der Waals surface area contributed by atoms with E-state index in [1.807, 2.05) is 31.2 Å². The highest BCUT2D eigenvalue weighted by Crippen LogP contribution is 2.46. The molecule has 210 valence electrons. The van der Waals surface area contributed by atoms with E-state index in [1.54, 1.807) is 46.6 Å². The van der Waals surface area contributed by atoms with Gasteiger partial charge >= 0.3 is 0 Å². The van der Waals surface area contributed by atoms with Gasteiger partial charge in [-0.1, -0.05) is 6.07 Å². The van der Waals surface area contributed by atoms with Crippen molar-refractivity contribution in [3.63, 3.8) is 0 Å². The van der Waals surface area contributed by atoms with E-state index in [1.165, 1.54) is 7.11 Å². The summed E-state index contributed by atoms with van der Waals surface area (Å²) in [6, 6.07) is 11.4. The van der Waals surface area contributed by atoms with Crippen LogP contribution in [0.15, 0.2) is 42.2 Å². The smallest absolute Gasteiger partial charge is 0.232 e. The summed E-state index contributed by atoms with van der Waals surface area (Å²) in [6.07, 6.45) is 2.46. The van der Waals surface area contributed by atoms with Gasteiger partial charge < -0.3 is 33.2 Å². The van der Waals surface area contributed by atoms with Gasteiger partial charge in [0.15, 0.2) is 28.8 Å². The topological polar surface area (TPSA) is 84.9 Å². The fourth-order valence-electron chi connectivity index (χ4n) is 5.12. The molecule has 0 fully saturated rings. The standard InChI is InChI=1S/C31H33NO8/c1-18-13-24-21(16-32(17-39-24)12-11-19-7-9-22(34-2)25(14-19)36-4)30-27(18)28(33)26(40-30)15-20-8-10-23(35-3)31(38-6)29(20)37-5/h7-10,13-15H,11-12,16-17H2,1-6H3/b26-15+. The first-order valence-corrected chi connectivity index (χ1v) is 12.9. The van der Waals surface area contributed by atoms with Crippen LogP contribution >= 0.6 is 0 Å². The first kappa shape index (κ1) is 27.2. The molecule has 2 heterocycles. The number of carbonyl (C=O) groups excluding carboxylic acids is 1. The van der Waals surface area contributed by atoms with Gasteiger partial charge in [-0.15, -0.1) is 0 Å². The number of rotatable bonds is 9. The second kappa shape index (κ2) is 11.4. The Morgan fingerprint density at radius 1 is 0.875 bits per heavy atom. The van der Waals surface area contributed by atoms with Crippen molar-refractivity contribution >= 4 is 11.9 Å². The zero-order valence-corrected chi connectivity index (χ0v) is 23.6. The van der Waals surface area contributed by atoms with Gasteiger partial charge in [-0.05, 0) is 60.9 Å². The Morgan fingerprint density at radius 3 is 2.30 bits per heavy atom. The summed E-state index contributed by atoms with van der Waals surface area (Å²) in [5.41, 5.74) is 3.97. The van der Waals surface area contributed by atoms with Gasteiger partial charge in [0.05, 0.1) is 46.7 Å². The first-order valence-electron chi connectivity index (χ1n) is 12.9. The van der Waals surface area contributed by atoms with E-state index in [9.17, 15) is 4.79 Å². The Kier molecular flexibility index (Phi) is 7.75. The SMILES string of the molecule is COc1ccc(CCN2COc3cc(C)c4c(c3C2)O/C(=C/c2ccc(OC)c(OC)c2OC)C4=O)cc1OC. The number of ketones is 1. The fourth-order valence-corrected chi connectivity index (χ4v) is 5.12. The molecule has 0 amide bonds. The Balaban J connectivity index is 1.40. The van der Waals surface area contributed by atoms with Gasteiger partial charge in [0.1, 0.15) is 18.2 Å². The minimum absolute atomic E-state index is 0.186. The minimum Gasteiger partial charge on any atom is -0.493 e. The molecule has 0 bridgehead atoms. The van der Waals surface area contributed by atoms with Gasteiger partial charge in [0, 0.05) is 18.7 Å². The summed E-state index contributed by atoms with van der Waals surface area (Å²) in [5.74, 6) is 4.11. The van der Waals surface area contributed by atoms with Crippen molar-refractivity contribution in [1.82, 2.24) is 4.90 Å². The van der Waals surface area contributed by atoms with Crippen LogP contribution in [0.2, 0.25) is 0 Å². The van der Waals surface area contributed by atoms with Gasteiger partial charge in [-0.2, -0.15) is 0 Å². The molecule has 0 radical (unpaired) electrons. The number of methoxy groups -OCH3 is 5. The van der Waals surface area contributed by atoms with Crippen molar-refractivity contribution in [2.75, 3.05) is 48.8 Å². The van der Waals surface area contributed by atoms with Crippen molar-refractivity contribution in [3.8, 4) is 40.2 Å². The highest BCUT2D eigenvalue weighted by atomic mass is 16.5. The molecule has 0 N–H and O–H groups in total. The average Bonchev–Trinajstić information content (AvgIpc) is 3.31. The van der Waals surface area contributed by atoms with Crippen molar-refractivity contribution in [1.29, 1.82) is 0 Å². The number of hydrogen-bond donors (Lipinski definition) is 0. The number of aryl methyl sites for hydroxylation is 1. The zero-order chi connectivity index (χ0) is 28.4. The third-order valence-electron chi connectivity index (χ3n) is 7.17. The lowest BCUT2D eigenvalue weighted by molar-refractivity contribution is 0.0949. The number of ether oxygens (including phenoxy) is 7. The molecule has 2 aliphatic rings. The highest BCUT2D eigenvalue weighted by molar-refractivity contribution is 6.16. The second-order valence-electron chi connectivity index (χ2n) is 9.50. The molecule has 5 rings (SSSR count). The molecule has 3 aromatic rings. The van der Waals surface area contributed by atoms with Crippen LogP contribution in [0.1, 0.15) is 32.6 Å². The van der Waals surface area contributed by atoms with E-state index in [0.717, 1.165) is 35.4 Å². The van der Waals surface area contributed by atoms with Crippen LogP contribution in [0.3, 0.4) is 0 Å². The normalized spacial score (nSPS) is 15.2. The predicted octanol–water partition coefficient (Wildman–Crippen LogP) is 5.05. The Bertz CT molecular complexity index is 1480. The lowest BCUT2D eigenvalue weighted by atomic mass is 9.98. The Morgan fingerprint density at radius 2 is 1.60 bits per heavy atom. The van der Waals surface area contributed by atoms with Gasteiger partial charge in [0.2, 0.25) is 11.5 Å². The highest BCUT2D eigenvalue weighted by Gasteiger charge is 2.35. The third kappa shape index (κ3) is 4.88. The maximum absolute atomic E-state index is 13.5. The fraction of sp³-hybridized carbons (Fsp3) is 0.323. The molecule has 0 aliphatic carbocycles. The molecule has 0 unspecified atom stereocenters. The van der Waals surface area contributed by atoms with Crippen LogP contribution in [-0.4, -0.2) is 59.5 Å². The molecule has 9 nitrogen and oxygen atoms in total. The maximum Gasteiger partial charge on any atom is 0.232 e. The van der Waals surface area contributed by atoms with E-state index in [4.69, 9.17) is 33.2 Å². The largest absolute Gasteiger partial charge is 0.493 e. The third-order valence-corrected chi connectivity index (χ3v) is 7.17.